The van der Waals surface area contributed by atoms with Gasteiger partial charge in [-0.05, 0) is 73.4 Å². The van der Waals surface area contributed by atoms with Gasteiger partial charge in [0.1, 0.15) is 16.5 Å². The molecular weight excluding hydrogens is 522 g/mol. The average molecular weight is 556 g/mol. The summed E-state index contributed by atoms with van der Waals surface area (Å²) in [5.41, 5.74) is 2.33. The summed E-state index contributed by atoms with van der Waals surface area (Å²) in [5, 5.41) is 6.66. The minimum absolute atomic E-state index is 0.251. The molecule has 0 fully saturated rings. The zero-order valence-electron chi connectivity index (χ0n) is 22.7. The number of para-hydroxylation sites is 1. The Morgan fingerprint density at radius 1 is 1.05 bits per heavy atom. The average Bonchev–Trinajstić information content (AvgIpc) is 3.41. The van der Waals surface area contributed by atoms with Crippen molar-refractivity contribution in [2.75, 3.05) is 11.9 Å². The Kier molecular flexibility index (Phi) is 8.76. The first-order valence-electron chi connectivity index (χ1n) is 13.7. The summed E-state index contributed by atoms with van der Waals surface area (Å²) in [7, 11) is 0. The second kappa shape index (κ2) is 12.8. The van der Waals surface area contributed by atoms with Gasteiger partial charge in [-0.3, -0.25) is 9.59 Å². The Labute approximate surface area is 238 Å². The van der Waals surface area contributed by atoms with Crippen molar-refractivity contribution in [2.24, 2.45) is 5.92 Å². The maximum Gasteiger partial charge on any atom is 0.259 e. The third-order valence-electron chi connectivity index (χ3n) is 7.10. The number of anilines is 1. The van der Waals surface area contributed by atoms with Crippen molar-refractivity contribution in [2.45, 2.75) is 46.1 Å². The fourth-order valence-electron chi connectivity index (χ4n) is 4.65. The number of carbonyl (C=O) groups excluding carboxylic acids is 2. The molecule has 7 nitrogen and oxygen atoms in total. The van der Waals surface area contributed by atoms with E-state index < -0.39 is 0 Å². The number of carbonyl (C=O) groups is 2. The molecule has 3 aromatic carbocycles. The molecule has 0 saturated heterocycles. The van der Waals surface area contributed by atoms with Crippen LogP contribution in [-0.4, -0.2) is 23.4 Å². The second-order valence-electron chi connectivity index (χ2n) is 9.78. The van der Waals surface area contributed by atoms with Crippen molar-refractivity contribution in [1.29, 1.82) is 0 Å². The van der Waals surface area contributed by atoms with Crippen LogP contribution in [0, 0.1) is 5.92 Å². The molecule has 0 spiro atoms. The quantitative estimate of drug-likeness (QED) is 0.185. The van der Waals surface area contributed by atoms with Crippen LogP contribution in [0.3, 0.4) is 0 Å². The SMILES string of the molecule is CCC(CC)CCCOc1ccc(-c2ncc(CNC(=O)c3ccc4c(c3)NC(=O)c3ccccc3O4)s2)cc1. The molecule has 5 rings (SSSR count). The number of fused-ring (bicyclic) bond motifs is 2. The summed E-state index contributed by atoms with van der Waals surface area (Å²) in [6, 6.07) is 20.0. The highest BCUT2D eigenvalue weighted by Crippen LogP contribution is 2.36. The zero-order chi connectivity index (χ0) is 27.9. The predicted octanol–water partition coefficient (Wildman–Crippen LogP) is 7.69. The molecule has 206 valence electrons. The molecular formula is C32H33N3O4S. The summed E-state index contributed by atoms with van der Waals surface area (Å²) in [6.45, 7) is 5.57. The van der Waals surface area contributed by atoms with Gasteiger partial charge in [-0.2, -0.15) is 0 Å². The molecule has 1 aromatic heterocycles. The van der Waals surface area contributed by atoms with E-state index in [9.17, 15) is 9.59 Å². The summed E-state index contributed by atoms with van der Waals surface area (Å²) >= 11 is 1.53. The Morgan fingerprint density at radius 3 is 2.65 bits per heavy atom. The van der Waals surface area contributed by atoms with Crippen LogP contribution < -0.4 is 20.1 Å². The van der Waals surface area contributed by atoms with Gasteiger partial charge in [-0.1, -0.05) is 38.8 Å². The minimum atomic E-state index is -0.277. The number of hydrogen-bond donors (Lipinski definition) is 2. The van der Waals surface area contributed by atoms with Crippen LogP contribution in [0.2, 0.25) is 0 Å². The van der Waals surface area contributed by atoms with Crippen LogP contribution in [0.25, 0.3) is 10.6 Å². The standard InChI is InChI=1S/C32H33N3O4S/c1-3-21(4-2)8-7-17-38-24-14-11-22(12-15-24)32-34-20-25(40-32)19-33-30(36)23-13-16-29-27(18-23)35-31(37)26-9-5-6-10-28(26)39-29/h5-6,9-16,18,20-21H,3-4,7-8,17,19H2,1-2H3,(H,33,36)(H,35,37). The first-order valence-corrected chi connectivity index (χ1v) is 14.5. The van der Waals surface area contributed by atoms with E-state index in [2.05, 4.69) is 29.5 Å². The van der Waals surface area contributed by atoms with Gasteiger partial charge in [0, 0.05) is 22.2 Å². The fraction of sp³-hybridized carbons (Fsp3) is 0.281. The smallest absolute Gasteiger partial charge is 0.259 e. The molecule has 2 N–H and O–H groups in total. The highest BCUT2D eigenvalue weighted by molar-refractivity contribution is 7.15. The zero-order valence-corrected chi connectivity index (χ0v) is 23.6. The third-order valence-corrected chi connectivity index (χ3v) is 8.15. The lowest BCUT2D eigenvalue weighted by Crippen LogP contribution is -2.22. The second-order valence-corrected chi connectivity index (χ2v) is 10.9. The molecule has 0 radical (unpaired) electrons. The minimum Gasteiger partial charge on any atom is -0.494 e. The maximum atomic E-state index is 12.9. The summed E-state index contributed by atoms with van der Waals surface area (Å²) in [5.74, 6) is 2.09. The molecule has 0 aliphatic carbocycles. The summed E-state index contributed by atoms with van der Waals surface area (Å²) in [4.78, 5) is 31.0. The van der Waals surface area contributed by atoms with Gasteiger partial charge in [-0.15, -0.1) is 11.3 Å². The predicted molar refractivity (Wildman–Crippen MR) is 158 cm³/mol. The molecule has 1 aliphatic heterocycles. The molecule has 2 heterocycles. The van der Waals surface area contributed by atoms with Crippen molar-refractivity contribution >= 4 is 28.8 Å². The molecule has 0 saturated carbocycles. The molecule has 8 heteroatoms. The van der Waals surface area contributed by atoms with Crippen LogP contribution in [0.5, 0.6) is 17.2 Å². The molecule has 1 aliphatic rings. The van der Waals surface area contributed by atoms with Crippen molar-refractivity contribution in [3.63, 3.8) is 0 Å². The van der Waals surface area contributed by atoms with Gasteiger partial charge in [0.2, 0.25) is 0 Å². The fourth-order valence-corrected chi connectivity index (χ4v) is 5.51. The molecule has 0 unspecified atom stereocenters. The van der Waals surface area contributed by atoms with E-state index in [0.29, 0.717) is 34.9 Å². The van der Waals surface area contributed by atoms with E-state index in [0.717, 1.165) is 40.1 Å². The molecule has 4 aromatic rings. The Morgan fingerprint density at radius 2 is 1.85 bits per heavy atom. The van der Waals surface area contributed by atoms with Crippen LogP contribution in [-0.2, 0) is 6.54 Å². The molecule has 0 atom stereocenters. The number of nitrogens with one attached hydrogen (secondary N) is 2. The van der Waals surface area contributed by atoms with Gasteiger partial charge >= 0.3 is 0 Å². The number of thiazole rings is 1. The lowest BCUT2D eigenvalue weighted by Gasteiger charge is -2.12. The van der Waals surface area contributed by atoms with Gasteiger partial charge < -0.3 is 20.1 Å². The van der Waals surface area contributed by atoms with Crippen molar-refractivity contribution in [3.8, 4) is 27.8 Å². The van der Waals surface area contributed by atoms with Crippen LogP contribution in [0.1, 0.15) is 65.1 Å². The highest BCUT2D eigenvalue weighted by atomic mass is 32.1. The molecule has 0 bridgehead atoms. The number of amides is 2. The number of benzene rings is 3. The van der Waals surface area contributed by atoms with Gasteiger partial charge in [0.15, 0.2) is 5.75 Å². The lowest BCUT2D eigenvalue weighted by atomic mass is 9.98. The van der Waals surface area contributed by atoms with Crippen LogP contribution >= 0.6 is 11.3 Å². The first kappa shape index (κ1) is 27.4. The molecule has 2 amide bonds. The van der Waals surface area contributed by atoms with Gasteiger partial charge in [-0.25, -0.2) is 4.98 Å². The molecule has 40 heavy (non-hydrogen) atoms. The van der Waals surface area contributed by atoms with Crippen LogP contribution in [0.15, 0.2) is 72.9 Å². The number of nitrogens with zero attached hydrogens (tertiary/aromatic N) is 1. The van der Waals surface area contributed by atoms with Gasteiger partial charge in [0.05, 0.1) is 24.4 Å². The third kappa shape index (κ3) is 6.51. The lowest BCUT2D eigenvalue weighted by molar-refractivity contribution is 0.0950. The van der Waals surface area contributed by atoms with E-state index in [1.54, 1.807) is 42.6 Å². The number of rotatable bonds is 11. The van der Waals surface area contributed by atoms with Crippen molar-refractivity contribution in [1.82, 2.24) is 10.3 Å². The summed E-state index contributed by atoms with van der Waals surface area (Å²) in [6.07, 6.45) is 6.51. The maximum absolute atomic E-state index is 12.9. The largest absolute Gasteiger partial charge is 0.494 e. The Hall–Kier alpha value is -4.17. The number of hydrogen-bond acceptors (Lipinski definition) is 6. The topological polar surface area (TPSA) is 89.5 Å². The number of aromatic nitrogens is 1. The first-order chi connectivity index (χ1) is 19.5. The van der Waals surface area contributed by atoms with Gasteiger partial charge in [0.25, 0.3) is 11.8 Å². The highest BCUT2D eigenvalue weighted by Gasteiger charge is 2.21. The van der Waals surface area contributed by atoms with E-state index in [-0.39, 0.29) is 11.8 Å². The van der Waals surface area contributed by atoms with Crippen LogP contribution in [0.4, 0.5) is 5.69 Å². The summed E-state index contributed by atoms with van der Waals surface area (Å²) < 4.78 is 11.8. The van der Waals surface area contributed by atoms with E-state index in [1.807, 2.05) is 30.3 Å². The monoisotopic (exact) mass is 555 g/mol. The number of ether oxygens (including phenoxy) is 2. The van der Waals surface area contributed by atoms with Crippen molar-refractivity contribution in [3.05, 3.63) is 88.9 Å². The van der Waals surface area contributed by atoms with E-state index in [1.165, 1.54) is 30.6 Å². The van der Waals surface area contributed by atoms with Crippen molar-refractivity contribution < 1.29 is 19.1 Å². The van der Waals surface area contributed by atoms with E-state index in [4.69, 9.17) is 9.47 Å². The van der Waals surface area contributed by atoms with E-state index >= 15 is 0 Å². The Bertz CT molecular complexity index is 1480. The normalized spacial score (nSPS) is 12.1. The Balaban J connectivity index is 1.14.